The molecule has 0 spiro atoms. The molecule has 1 aliphatic rings. The fourth-order valence-corrected chi connectivity index (χ4v) is 4.18. The van der Waals surface area contributed by atoms with Crippen LogP contribution in [0.15, 0.2) is 42.5 Å². The zero-order valence-electron chi connectivity index (χ0n) is 15.0. The SMILES string of the molecule is COC(=O)c1ccc(C2SCC(=O)N2Cc2ccc(C(=O)O)cc2C)cc1. The molecule has 1 N–H and O–H groups in total. The van der Waals surface area contributed by atoms with Crippen molar-refractivity contribution in [1.82, 2.24) is 4.90 Å². The molecule has 0 aliphatic carbocycles. The first-order chi connectivity index (χ1) is 12.9. The van der Waals surface area contributed by atoms with Crippen molar-refractivity contribution in [2.45, 2.75) is 18.8 Å². The predicted molar refractivity (Wildman–Crippen MR) is 102 cm³/mol. The summed E-state index contributed by atoms with van der Waals surface area (Å²) < 4.78 is 4.71. The van der Waals surface area contributed by atoms with Gasteiger partial charge < -0.3 is 14.7 Å². The summed E-state index contributed by atoms with van der Waals surface area (Å²) in [4.78, 5) is 36.9. The van der Waals surface area contributed by atoms with Crippen LogP contribution in [0.5, 0.6) is 0 Å². The van der Waals surface area contributed by atoms with Crippen LogP contribution in [-0.4, -0.2) is 40.7 Å². The van der Waals surface area contributed by atoms with Crippen molar-refractivity contribution in [2.75, 3.05) is 12.9 Å². The molecule has 1 amide bonds. The van der Waals surface area contributed by atoms with Crippen LogP contribution >= 0.6 is 11.8 Å². The Morgan fingerprint density at radius 3 is 2.44 bits per heavy atom. The molecule has 2 aromatic rings. The average Bonchev–Trinajstić information content (AvgIpc) is 3.03. The van der Waals surface area contributed by atoms with Crippen LogP contribution < -0.4 is 0 Å². The van der Waals surface area contributed by atoms with Gasteiger partial charge in [0.2, 0.25) is 5.91 Å². The summed E-state index contributed by atoms with van der Waals surface area (Å²) in [5.74, 6) is -0.956. The molecule has 3 rings (SSSR count). The molecule has 1 unspecified atom stereocenters. The molecule has 0 aromatic heterocycles. The van der Waals surface area contributed by atoms with E-state index in [2.05, 4.69) is 0 Å². The van der Waals surface area contributed by atoms with Gasteiger partial charge in [-0.3, -0.25) is 4.79 Å². The maximum Gasteiger partial charge on any atom is 0.337 e. The number of carboxylic acid groups (broad SMARTS) is 1. The van der Waals surface area contributed by atoms with E-state index in [1.54, 1.807) is 35.2 Å². The molecular formula is C20H19NO5S. The molecule has 1 fully saturated rings. The molecular weight excluding hydrogens is 366 g/mol. The number of thioether (sulfide) groups is 1. The second-order valence-corrected chi connectivity index (χ2v) is 7.31. The van der Waals surface area contributed by atoms with Gasteiger partial charge in [-0.25, -0.2) is 9.59 Å². The number of rotatable bonds is 5. The van der Waals surface area contributed by atoms with Crippen molar-refractivity contribution < 1.29 is 24.2 Å². The number of methoxy groups -OCH3 is 1. The van der Waals surface area contributed by atoms with Crippen LogP contribution in [0.25, 0.3) is 0 Å². The van der Waals surface area contributed by atoms with Gasteiger partial charge >= 0.3 is 11.9 Å². The Balaban J connectivity index is 1.82. The first-order valence-corrected chi connectivity index (χ1v) is 9.37. The molecule has 6 nitrogen and oxygen atoms in total. The minimum atomic E-state index is -0.971. The number of aryl methyl sites for hydroxylation is 1. The molecule has 1 heterocycles. The van der Waals surface area contributed by atoms with Gasteiger partial charge in [0.05, 0.1) is 24.0 Å². The van der Waals surface area contributed by atoms with Crippen molar-refractivity contribution in [3.63, 3.8) is 0 Å². The van der Waals surface area contributed by atoms with Gasteiger partial charge in [-0.2, -0.15) is 0 Å². The van der Waals surface area contributed by atoms with Crippen LogP contribution in [0, 0.1) is 6.92 Å². The number of aromatic carboxylic acids is 1. The second-order valence-electron chi connectivity index (χ2n) is 6.25. The summed E-state index contributed by atoms with van der Waals surface area (Å²) >= 11 is 1.53. The Hall–Kier alpha value is -2.80. The lowest BCUT2D eigenvalue weighted by Crippen LogP contribution is -2.28. The minimum absolute atomic E-state index is 0.0313. The third-order valence-corrected chi connectivity index (χ3v) is 5.77. The lowest BCUT2D eigenvalue weighted by molar-refractivity contribution is -0.128. The van der Waals surface area contributed by atoms with E-state index in [4.69, 9.17) is 9.84 Å². The van der Waals surface area contributed by atoms with Gasteiger partial charge in [0.1, 0.15) is 5.37 Å². The summed E-state index contributed by atoms with van der Waals surface area (Å²) in [6, 6.07) is 12.0. The van der Waals surface area contributed by atoms with Crippen molar-refractivity contribution >= 4 is 29.6 Å². The molecule has 27 heavy (non-hydrogen) atoms. The Labute approximate surface area is 161 Å². The van der Waals surface area contributed by atoms with Gasteiger partial charge in [0, 0.05) is 6.54 Å². The number of ether oxygens (including phenoxy) is 1. The molecule has 1 atom stereocenters. The number of esters is 1. The molecule has 1 aliphatic heterocycles. The maximum absolute atomic E-state index is 12.4. The summed E-state index contributed by atoms with van der Waals surface area (Å²) in [5.41, 5.74) is 3.36. The highest BCUT2D eigenvalue weighted by Gasteiger charge is 2.33. The maximum atomic E-state index is 12.4. The van der Waals surface area contributed by atoms with Gasteiger partial charge in [-0.15, -0.1) is 11.8 Å². The number of hydrogen-bond donors (Lipinski definition) is 1. The van der Waals surface area contributed by atoms with Gasteiger partial charge in [0.25, 0.3) is 0 Å². The largest absolute Gasteiger partial charge is 0.478 e. The topological polar surface area (TPSA) is 83.9 Å². The number of carboxylic acids is 1. The predicted octanol–water partition coefficient (Wildman–Crippen LogP) is 3.25. The number of carbonyl (C=O) groups excluding carboxylic acids is 2. The standard InChI is InChI=1S/C20H19NO5S/c1-12-9-15(19(23)24)7-8-16(12)10-21-17(22)11-27-18(21)13-3-5-14(6-4-13)20(25)26-2/h3-9,18H,10-11H2,1-2H3,(H,23,24). The quantitative estimate of drug-likeness (QED) is 0.796. The van der Waals surface area contributed by atoms with E-state index < -0.39 is 11.9 Å². The number of hydrogen-bond acceptors (Lipinski definition) is 5. The Morgan fingerprint density at radius 1 is 1.19 bits per heavy atom. The highest BCUT2D eigenvalue weighted by Crippen LogP contribution is 2.39. The highest BCUT2D eigenvalue weighted by molar-refractivity contribution is 8.00. The van der Waals surface area contributed by atoms with Crippen molar-refractivity contribution in [1.29, 1.82) is 0 Å². The normalized spacial score (nSPS) is 16.4. The van der Waals surface area contributed by atoms with Crippen molar-refractivity contribution in [3.05, 3.63) is 70.3 Å². The molecule has 2 aromatic carbocycles. The Bertz CT molecular complexity index is 894. The summed E-state index contributed by atoms with van der Waals surface area (Å²) in [5, 5.41) is 8.95. The summed E-state index contributed by atoms with van der Waals surface area (Å²) in [7, 11) is 1.33. The smallest absolute Gasteiger partial charge is 0.337 e. The van der Waals surface area contributed by atoms with Crippen LogP contribution in [0.4, 0.5) is 0 Å². The average molecular weight is 385 g/mol. The van der Waals surface area contributed by atoms with E-state index >= 15 is 0 Å². The first-order valence-electron chi connectivity index (χ1n) is 8.33. The van der Waals surface area contributed by atoms with Gasteiger partial charge in [0.15, 0.2) is 0 Å². The minimum Gasteiger partial charge on any atom is -0.478 e. The second kappa shape index (κ2) is 7.84. The van der Waals surface area contributed by atoms with Crippen LogP contribution in [-0.2, 0) is 16.1 Å². The molecule has 0 saturated carbocycles. The monoisotopic (exact) mass is 385 g/mol. The van der Waals surface area contributed by atoms with E-state index in [0.717, 1.165) is 16.7 Å². The molecule has 140 valence electrons. The van der Waals surface area contributed by atoms with Crippen LogP contribution in [0.3, 0.4) is 0 Å². The van der Waals surface area contributed by atoms with E-state index in [1.165, 1.54) is 18.9 Å². The Kier molecular flexibility index (Phi) is 5.51. The number of carbonyl (C=O) groups is 3. The fourth-order valence-electron chi connectivity index (χ4n) is 2.99. The number of amides is 1. The van der Waals surface area contributed by atoms with Gasteiger partial charge in [-0.05, 0) is 47.9 Å². The zero-order valence-corrected chi connectivity index (χ0v) is 15.8. The Morgan fingerprint density at radius 2 is 1.85 bits per heavy atom. The summed E-state index contributed by atoms with van der Waals surface area (Å²) in [6.07, 6.45) is 0. The van der Waals surface area contributed by atoms with Crippen molar-refractivity contribution in [3.8, 4) is 0 Å². The zero-order chi connectivity index (χ0) is 19.6. The van der Waals surface area contributed by atoms with Crippen LogP contribution in [0.2, 0.25) is 0 Å². The molecule has 1 saturated heterocycles. The van der Waals surface area contributed by atoms with E-state index in [1.807, 2.05) is 19.1 Å². The number of nitrogens with zero attached hydrogens (tertiary/aromatic N) is 1. The van der Waals surface area contributed by atoms with E-state index in [-0.39, 0.29) is 16.8 Å². The highest BCUT2D eigenvalue weighted by atomic mass is 32.2. The van der Waals surface area contributed by atoms with Gasteiger partial charge in [-0.1, -0.05) is 18.2 Å². The lowest BCUT2D eigenvalue weighted by Gasteiger charge is -2.25. The van der Waals surface area contributed by atoms with E-state index in [0.29, 0.717) is 17.9 Å². The lowest BCUT2D eigenvalue weighted by atomic mass is 10.0. The fraction of sp³-hybridized carbons (Fsp3) is 0.250. The molecule has 7 heteroatoms. The first kappa shape index (κ1) is 19.0. The molecule has 0 bridgehead atoms. The van der Waals surface area contributed by atoms with Crippen molar-refractivity contribution in [2.24, 2.45) is 0 Å². The summed E-state index contributed by atoms with van der Waals surface area (Å²) in [6.45, 7) is 2.25. The third kappa shape index (κ3) is 3.98. The number of benzene rings is 2. The third-order valence-electron chi connectivity index (χ3n) is 4.52. The van der Waals surface area contributed by atoms with Crippen LogP contribution in [0.1, 0.15) is 42.8 Å². The molecule has 0 radical (unpaired) electrons. The van der Waals surface area contributed by atoms with E-state index in [9.17, 15) is 14.4 Å².